The average Bonchev–Trinajstić information content (AvgIpc) is 2.85. The topological polar surface area (TPSA) is 85.3 Å². The van der Waals surface area contributed by atoms with Crippen LogP contribution in [-0.2, 0) is 25.6 Å². The summed E-state index contributed by atoms with van der Waals surface area (Å²) >= 11 is 0. The maximum absolute atomic E-state index is 11.4. The zero-order valence-corrected chi connectivity index (χ0v) is 11.4. The van der Waals surface area contributed by atoms with Crippen LogP contribution in [0.5, 0.6) is 0 Å². The summed E-state index contributed by atoms with van der Waals surface area (Å²) in [5.41, 5.74) is 1.06. The van der Waals surface area contributed by atoms with Gasteiger partial charge in [-0.05, 0) is 5.56 Å². The molecule has 1 N–H and O–H groups in total. The van der Waals surface area contributed by atoms with Crippen LogP contribution in [0.2, 0.25) is 0 Å². The molecule has 1 saturated heterocycles. The van der Waals surface area contributed by atoms with E-state index in [1.165, 1.54) is 0 Å². The molecule has 7 heteroatoms. The molecule has 0 saturated carbocycles. The molecule has 7 nitrogen and oxygen atoms in total. The van der Waals surface area contributed by atoms with E-state index in [9.17, 15) is 9.59 Å². The van der Waals surface area contributed by atoms with E-state index in [2.05, 4.69) is 4.74 Å². The molecule has 21 heavy (non-hydrogen) atoms. The number of cyclic esters (lactones) is 1. The second-order valence-electron chi connectivity index (χ2n) is 4.47. The molecule has 1 aliphatic heterocycles. The third kappa shape index (κ3) is 4.44. The van der Waals surface area contributed by atoms with E-state index in [4.69, 9.17) is 14.6 Å². The molecular weight excluding hydrogens is 278 g/mol. The Morgan fingerprint density at radius 2 is 2.00 bits per heavy atom. The van der Waals surface area contributed by atoms with Crippen LogP contribution < -0.4 is 0 Å². The normalized spacial score (nSPS) is 17.8. The van der Waals surface area contributed by atoms with Crippen molar-refractivity contribution in [1.82, 2.24) is 4.90 Å². The second kappa shape index (κ2) is 7.61. The number of carbonyl (C=O) groups excluding carboxylic acids is 1. The molecule has 0 aliphatic carbocycles. The standard InChI is InChI=1S/C14H17NO6/c16-13-12(15(10-21-13)14(17)18)9-20-7-6-19-8-11-4-2-1-3-5-11/h1-5,12H,6-10H2,(H,17,18)/t12-/m0/s1. The lowest BCUT2D eigenvalue weighted by Crippen LogP contribution is -2.40. The fourth-order valence-corrected chi connectivity index (χ4v) is 1.87. The van der Waals surface area contributed by atoms with Gasteiger partial charge in [-0.15, -0.1) is 0 Å². The highest BCUT2D eigenvalue weighted by molar-refractivity contribution is 5.83. The number of benzene rings is 1. The van der Waals surface area contributed by atoms with Crippen molar-refractivity contribution in [2.24, 2.45) is 0 Å². The van der Waals surface area contributed by atoms with Crippen molar-refractivity contribution < 1.29 is 28.9 Å². The van der Waals surface area contributed by atoms with E-state index in [0.29, 0.717) is 13.2 Å². The van der Waals surface area contributed by atoms with E-state index in [1.54, 1.807) is 0 Å². The zero-order valence-electron chi connectivity index (χ0n) is 11.4. The molecule has 0 radical (unpaired) electrons. The Kier molecular flexibility index (Phi) is 5.53. The first-order valence-corrected chi connectivity index (χ1v) is 6.54. The number of nitrogens with zero attached hydrogens (tertiary/aromatic N) is 1. The first-order chi connectivity index (χ1) is 10.2. The van der Waals surface area contributed by atoms with E-state index in [0.717, 1.165) is 10.5 Å². The van der Waals surface area contributed by atoms with Gasteiger partial charge in [0.2, 0.25) is 0 Å². The Morgan fingerprint density at radius 3 is 2.71 bits per heavy atom. The molecule has 1 aromatic rings. The summed E-state index contributed by atoms with van der Waals surface area (Å²) in [6.45, 7) is 0.858. The average molecular weight is 295 g/mol. The zero-order chi connectivity index (χ0) is 15.1. The smallest absolute Gasteiger partial charge is 0.410 e. The summed E-state index contributed by atoms with van der Waals surface area (Å²) in [6, 6.07) is 8.82. The van der Waals surface area contributed by atoms with Crippen LogP contribution in [0.3, 0.4) is 0 Å². The minimum atomic E-state index is -1.20. The SMILES string of the molecule is O=C1OCN(C(=O)O)[C@H]1COCCOCc1ccccc1. The number of carboxylic acid groups (broad SMARTS) is 1. The van der Waals surface area contributed by atoms with Crippen molar-refractivity contribution in [3.05, 3.63) is 35.9 Å². The molecule has 0 unspecified atom stereocenters. The largest absolute Gasteiger partial charge is 0.465 e. The van der Waals surface area contributed by atoms with Crippen molar-refractivity contribution in [3.8, 4) is 0 Å². The molecular formula is C14H17NO6. The van der Waals surface area contributed by atoms with Gasteiger partial charge in [0, 0.05) is 0 Å². The third-order valence-electron chi connectivity index (χ3n) is 3.00. The van der Waals surface area contributed by atoms with Crippen LogP contribution in [0.4, 0.5) is 4.79 Å². The molecule has 114 valence electrons. The van der Waals surface area contributed by atoms with Crippen LogP contribution in [0.25, 0.3) is 0 Å². The number of esters is 1. The molecule has 1 aromatic carbocycles. The van der Waals surface area contributed by atoms with Crippen molar-refractivity contribution >= 4 is 12.1 Å². The first kappa shape index (κ1) is 15.3. The Morgan fingerprint density at radius 1 is 1.29 bits per heavy atom. The van der Waals surface area contributed by atoms with Gasteiger partial charge in [0.15, 0.2) is 12.8 Å². The van der Waals surface area contributed by atoms with Gasteiger partial charge < -0.3 is 19.3 Å². The van der Waals surface area contributed by atoms with E-state index < -0.39 is 18.1 Å². The minimum Gasteiger partial charge on any atom is -0.465 e. The van der Waals surface area contributed by atoms with E-state index >= 15 is 0 Å². The molecule has 1 aliphatic rings. The van der Waals surface area contributed by atoms with Crippen LogP contribution in [0.15, 0.2) is 30.3 Å². The van der Waals surface area contributed by atoms with Gasteiger partial charge in [-0.1, -0.05) is 30.3 Å². The maximum Gasteiger partial charge on any atom is 0.410 e. The summed E-state index contributed by atoms with van der Waals surface area (Å²) in [5.74, 6) is -0.581. The summed E-state index contributed by atoms with van der Waals surface area (Å²) in [7, 11) is 0. The fourth-order valence-electron chi connectivity index (χ4n) is 1.87. The summed E-state index contributed by atoms with van der Waals surface area (Å²) < 4.78 is 15.4. The van der Waals surface area contributed by atoms with E-state index in [-0.39, 0.29) is 19.9 Å². The number of carbonyl (C=O) groups is 2. The fraction of sp³-hybridized carbons (Fsp3) is 0.429. The van der Waals surface area contributed by atoms with Crippen molar-refractivity contribution in [1.29, 1.82) is 0 Å². The van der Waals surface area contributed by atoms with E-state index in [1.807, 2.05) is 30.3 Å². The summed E-state index contributed by atoms with van der Waals surface area (Å²) in [6.07, 6.45) is -1.20. The third-order valence-corrected chi connectivity index (χ3v) is 3.00. The molecule has 1 amide bonds. The number of hydrogen-bond donors (Lipinski definition) is 1. The quantitative estimate of drug-likeness (QED) is 0.598. The highest BCUT2D eigenvalue weighted by Gasteiger charge is 2.37. The van der Waals surface area contributed by atoms with Crippen LogP contribution >= 0.6 is 0 Å². The number of ether oxygens (including phenoxy) is 3. The van der Waals surface area contributed by atoms with Crippen molar-refractivity contribution in [2.75, 3.05) is 26.6 Å². The predicted molar refractivity (Wildman–Crippen MR) is 71.5 cm³/mol. The number of rotatable bonds is 7. The molecule has 1 atom stereocenters. The van der Waals surface area contributed by atoms with Crippen LogP contribution in [-0.4, -0.2) is 54.7 Å². The summed E-state index contributed by atoms with van der Waals surface area (Å²) in [4.78, 5) is 23.1. The van der Waals surface area contributed by atoms with Gasteiger partial charge in [0.1, 0.15) is 0 Å². The van der Waals surface area contributed by atoms with Gasteiger partial charge in [0.05, 0.1) is 26.4 Å². The summed E-state index contributed by atoms with van der Waals surface area (Å²) in [5, 5.41) is 8.88. The molecule has 2 rings (SSSR count). The van der Waals surface area contributed by atoms with Crippen molar-refractivity contribution in [2.45, 2.75) is 12.6 Å². The Labute approximate surface area is 122 Å². The predicted octanol–water partition coefficient (Wildman–Crippen LogP) is 1.08. The van der Waals surface area contributed by atoms with Crippen molar-refractivity contribution in [3.63, 3.8) is 0 Å². The van der Waals surface area contributed by atoms with Gasteiger partial charge in [0.25, 0.3) is 0 Å². The molecule has 0 aromatic heterocycles. The second-order valence-corrected chi connectivity index (χ2v) is 4.47. The minimum absolute atomic E-state index is 0.0279. The lowest BCUT2D eigenvalue weighted by molar-refractivity contribution is -0.140. The molecule has 1 fully saturated rings. The lowest BCUT2D eigenvalue weighted by Gasteiger charge is -2.16. The lowest BCUT2D eigenvalue weighted by atomic mass is 10.2. The Hall–Kier alpha value is -2.12. The highest BCUT2D eigenvalue weighted by Crippen LogP contribution is 2.11. The monoisotopic (exact) mass is 295 g/mol. The van der Waals surface area contributed by atoms with Gasteiger partial charge >= 0.3 is 12.1 Å². The molecule has 1 heterocycles. The van der Waals surface area contributed by atoms with Gasteiger partial charge in [-0.2, -0.15) is 0 Å². The first-order valence-electron chi connectivity index (χ1n) is 6.54. The molecule has 0 spiro atoms. The van der Waals surface area contributed by atoms with Crippen LogP contribution in [0, 0.1) is 0 Å². The van der Waals surface area contributed by atoms with Crippen LogP contribution in [0.1, 0.15) is 5.56 Å². The Bertz CT molecular complexity index is 478. The number of hydrogen-bond acceptors (Lipinski definition) is 5. The highest BCUT2D eigenvalue weighted by atomic mass is 16.6. The van der Waals surface area contributed by atoms with Gasteiger partial charge in [-0.3, -0.25) is 4.90 Å². The van der Waals surface area contributed by atoms with Gasteiger partial charge in [-0.25, -0.2) is 9.59 Å². The molecule has 0 bridgehead atoms. The Balaban J connectivity index is 1.61. The maximum atomic E-state index is 11.4. The number of amides is 1.